The minimum atomic E-state index is 0.589. The maximum atomic E-state index is 6.29. The molecule has 0 amide bonds. The molecule has 21 heavy (non-hydrogen) atoms. The van der Waals surface area contributed by atoms with Crippen LogP contribution in [0, 0.1) is 5.92 Å². The van der Waals surface area contributed by atoms with Crippen molar-refractivity contribution in [1.29, 1.82) is 0 Å². The molecule has 116 valence electrons. The van der Waals surface area contributed by atoms with Gasteiger partial charge in [0.1, 0.15) is 5.82 Å². The molecule has 1 aromatic heterocycles. The van der Waals surface area contributed by atoms with E-state index in [1.165, 1.54) is 12.8 Å². The standard InChI is InChI=1S/C15H21Cl2N3O/c16-13-8-14(17)15(18-9-13)20-3-1-2-12(11-20)10-19-4-6-21-7-5-19/h8-9,12H,1-7,10-11H2. The Morgan fingerprint density at radius 2 is 2.05 bits per heavy atom. The molecule has 2 fully saturated rings. The number of nitrogens with zero attached hydrogens (tertiary/aromatic N) is 3. The van der Waals surface area contributed by atoms with Gasteiger partial charge in [-0.05, 0) is 24.8 Å². The van der Waals surface area contributed by atoms with Gasteiger partial charge in [0.25, 0.3) is 0 Å². The Labute approximate surface area is 136 Å². The SMILES string of the molecule is Clc1cnc(N2CCCC(CN3CCOCC3)C2)c(Cl)c1. The van der Waals surface area contributed by atoms with Crippen LogP contribution in [0.2, 0.25) is 10.0 Å². The van der Waals surface area contributed by atoms with Gasteiger partial charge in [0.05, 0.1) is 23.3 Å². The summed E-state index contributed by atoms with van der Waals surface area (Å²) in [6, 6.07) is 1.77. The normalized spacial score (nSPS) is 24.3. The molecule has 2 aliphatic heterocycles. The third kappa shape index (κ3) is 4.01. The van der Waals surface area contributed by atoms with Crippen molar-refractivity contribution in [3.63, 3.8) is 0 Å². The van der Waals surface area contributed by atoms with E-state index in [9.17, 15) is 0 Å². The van der Waals surface area contributed by atoms with E-state index < -0.39 is 0 Å². The number of anilines is 1. The number of morpholine rings is 1. The van der Waals surface area contributed by atoms with Crippen LogP contribution in [0.25, 0.3) is 0 Å². The van der Waals surface area contributed by atoms with Gasteiger partial charge in [-0.2, -0.15) is 0 Å². The molecular weight excluding hydrogens is 309 g/mol. The molecule has 1 atom stereocenters. The van der Waals surface area contributed by atoms with Gasteiger partial charge in [-0.1, -0.05) is 23.2 Å². The number of aromatic nitrogens is 1. The Morgan fingerprint density at radius 3 is 2.81 bits per heavy atom. The molecule has 4 nitrogen and oxygen atoms in total. The lowest BCUT2D eigenvalue weighted by molar-refractivity contribution is 0.0296. The molecule has 2 saturated heterocycles. The number of hydrogen-bond acceptors (Lipinski definition) is 4. The molecule has 1 unspecified atom stereocenters. The summed E-state index contributed by atoms with van der Waals surface area (Å²) in [7, 11) is 0. The van der Waals surface area contributed by atoms with E-state index in [0.29, 0.717) is 16.0 Å². The molecule has 0 spiro atoms. The van der Waals surface area contributed by atoms with Crippen LogP contribution in [-0.4, -0.2) is 55.8 Å². The third-order valence-electron chi connectivity index (χ3n) is 4.23. The summed E-state index contributed by atoms with van der Waals surface area (Å²) < 4.78 is 5.41. The summed E-state index contributed by atoms with van der Waals surface area (Å²) in [6.07, 6.45) is 4.14. The highest BCUT2D eigenvalue weighted by atomic mass is 35.5. The van der Waals surface area contributed by atoms with E-state index in [1.54, 1.807) is 12.3 Å². The van der Waals surface area contributed by atoms with Gasteiger partial charge in [-0.25, -0.2) is 4.98 Å². The van der Waals surface area contributed by atoms with E-state index in [0.717, 1.165) is 51.8 Å². The third-order valence-corrected chi connectivity index (χ3v) is 4.71. The Morgan fingerprint density at radius 1 is 1.24 bits per heavy atom. The fraction of sp³-hybridized carbons (Fsp3) is 0.667. The monoisotopic (exact) mass is 329 g/mol. The maximum Gasteiger partial charge on any atom is 0.147 e. The molecule has 0 bridgehead atoms. The number of ether oxygens (including phenoxy) is 1. The first-order valence-electron chi connectivity index (χ1n) is 7.58. The largest absolute Gasteiger partial charge is 0.379 e. The zero-order valence-corrected chi connectivity index (χ0v) is 13.6. The molecule has 0 aliphatic carbocycles. The second-order valence-electron chi connectivity index (χ2n) is 5.83. The van der Waals surface area contributed by atoms with Crippen LogP contribution in [0.1, 0.15) is 12.8 Å². The van der Waals surface area contributed by atoms with Crippen LogP contribution in [0.4, 0.5) is 5.82 Å². The predicted octanol–water partition coefficient (Wildman–Crippen LogP) is 2.94. The highest BCUT2D eigenvalue weighted by Crippen LogP contribution is 2.29. The minimum absolute atomic E-state index is 0.589. The summed E-state index contributed by atoms with van der Waals surface area (Å²) in [5.41, 5.74) is 0. The van der Waals surface area contributed by atoms with Crippen molar-refractivity contribution in [3.8, 4) is 0 Å². The van der Waals surface area contributed by atoms with E-state index >= 15 is 0 Å². The number of hydrogen-bond donors (Lipinski definition) is 0. The minimum Gasteiger partial charge on any atom is -0.379 e. The predicted molar refractivity (Wildman–Crippen MR) is 86.5 cm³/mol. The van der Waals surface area contributed by atoms with Crippen molar-refractivity contribution in [1.82, 2.24) is 9.88 Å². The molecule has 0 saturated carbocycles. The molecule has 2 aliphatic rings. The van der Waals surface area contributed by atoms with Crippen LogP contribution in [0.15, 0.2) is 12.3 Å². The van der Waals surface area contributed by atoms with Crippen LogP contribution in [0.5, 0.6) is 0 Å². The highest BCUT2D eigenvalue weighted by Gasteiger charge is 2.25. The van der Waals surface area contributed by atoms with Gasteiger partial charge in [-0.15, -0.1) is 0 Å². The van der Waals surface area contributed by atoms with Crippen molar-refractivity contribution < 1.29 is 4.74 Å². The first-order chi connectivity index (χ1) is 10.2. The molecule has 3 heterocycles. The van der Waals surface area contributed by atoms with Crippen LogP contribution in [0.3, 0.4) is 0 Å². The summed E-state index contributed by atoms with van der Waals surface area (Å²) in [4.78, 5) is 9.22. The van der Waals surface area contributed by atoms with Crippen LogP contribution in [-0.2, 0) is 4.74 Å². The lowest BCUT2D eigenvalue weighted by Crippen LogP contribution is -2.44. The van der Waals surface area contributed by atoms with Gasteiger partial charge in [0.15, 0.2) is 0 Å². The topological polar surface area (TPSA) is 28.6 Å². The molecule has 3 rings (SSSR count). The second kappa shape index (κ2) is 7.14. The summed E-state index contributed by atoms with van der Waals surface area (Å²) in [5.74, 6) is 1.54. The lowest BCUT2D eigenvalue weighted by Gasteiger charge is -2.37. The molecule has 1 aromatic rings. The zero-order valence-electron chi connectivity index (χ0n) is 12.1. The van der Waals surface area contributed by atoms with Crippen molar-refractivity contribution in [2.24, 2.45) is 5.92 Å². The maximum absolute atomic E-state index is 6.29. The van der Waals surface area contributed by atoms with Gasteiger partial charge in [0, 0.05) is 38.9 Å². The van der Waals surface area contributed by atoms with Crippen LogP contribution >= 0.6 is 23.2 Å². The smallest absolute Gasteiger partial charge is 0.147 e. The van der Waals surface area contributed by atoms with E-state index in [2.05, 4.69) is 14.8 Å². The molecular formula is C15H21Cl2N3O. The number of piperidine rings is 1. The Balaban J connectivity index is 1.62. The molecule has 0 radical (unpaired) electrons. The second-order valence-corrected chi connectivity index (χ2v) is 6.67. The average molecular weight is 330 g/mol. The van der Waals surface area contributed by atoms with Crippen LogP contribution < -0.4 is 4.90 Å². The van der Waals surface area contributed by atoms with Crippen molar-refractivity contribution >= 4 is 29.0 Å². The number of rotatable bonds is 3. The molecule has 6 heteroatoms. The van der Waals surface area contributed by atoms with E-state index in [1.807, 2.05) is 0 Å². The van der Waals surface area contributed by atoms with E-state index in [4.69, 9.17) is 27.9 Å². The Kier molecular flexibility index (Phi) is 5.22. The van der Waals surface area contributed by atoms with Gasteiger partial charge in [0.2, 0.25) is 0 Å². The summed E-state index contributed by atoms with van der Waals surface area (Å²) in [6.45, 7) is 7.01. The summed E-state index contributed by atoms with van der Waals surface area (Å²) >= 11 is 12.2. The number of halogens is 2. The zero-order chi connectivity index (χ0) is 14.7. The lowest BCUT2D eigenvalue weighted by atomic mass is 9.97. The van der Waals surface area contributed by atoms with Gasteiger partial charge in [-0.3, -0.25) is 4.90 Å². The summed E-state index contributed by atoms with van der Waals surface area (Å²) in [5, 5.41) is 1.24. The Hall–Kier alpha value is -0.550. The first kappa shape index (κ1) is 15.3. The first-order valence-corrected chi connectivity index (χ1v) is 8.34. The van der Waals surface area contributed by atoms with E-state index in [-0.39, 0.29) is 0 Å². The van der Waals surface area contributed by atoms with Crippen molar-refractivity contribution in [2.75, 3.05) is 50.8 Å². The molecule has 0 N–H and O–H groups in total. The highest BCUT2D eigenvalue weighted by molar-refractivity contribution is 6.36. The number of pyridine rings is 1. The quantitative estimate of drug-likeness (QED) is 0.852. The average Bonchev–Trinajstić information content (AvgIpc) is 2.48. The van der Waals surface area contributed by atoms with Gasteiger partial charge < -0.3 is 9.64 Å². The molecule has 0 aromatic carbocycles. The van der Waals surface area contributed by atoms with Crippen molar-refractivity contribution in [3.05, 3.63) is 22.3 Å². The van der Waals surface area contributed by atoms with Gasteiger partial charge >= 0.3 is 0 Å². The fourth-order valence-electron chi connectivity index (χ4n) is 3.20. The van der Waals surface area contributed by atoms with Crippen molar-refractivity contribution in [2.45, 2.75) is 12.8 Å². The Bertz CT molecular complexity index is 480. The fourth-order valence-corrected chi connectivity index (χ4v) is 3.70.